The number of carbonyl (C=O) groups is 2. The Hall–Kier alpha value is -2.78. The quantitative estimate of drug-likeness (QED) is 0.673. The van der Waals surface area contributed by atoms with Gasteiger partial charge in [-0.3, -0.25) is 9.59 Å². The molecule has 8 nitrogen and oxygen atoms in total. The van der Waals surface area contributed by atoms with E-state index in [9.17, 15) is 9.59 Å². The maximum Gasteiger partial charge on any atom is 0.280 e. The molecule has 3 aromatic heterocycles. The molecule has 1 aliphatic carbocycles. The van der Waals surface area contributed by atoms with Gasteiger partial charge in [0.15, 0.2) is 10.8 Å². The van der Waals surface area contributed by atoms with Gasteiger partial charge in [0.25, 0.3) is 5.91 Å². The number of ether oxygens (including phenoxy) is 1. The van der Waals surface area contributed by atoms with Gasteiger partial charge in [0.1, 0.15) is 5.65 Å². The standard InChI is InChI=1S/C20H21N5O3S/c26-18(12-3-4-12)24-16-9-25-8-13(5-6-17(25)23-16)15-11-29-20(22-15)19(27)21-14-2-1-7-28-10-14/h5-6,8-9,11-12,14H,1-4,7,10H2,(H,21,27)(H,24,26). The summed E-state index contributed by atoms with van der Waals surface area (Å²) in [6, 6.07) is 3.84. The van der Waals surface area contributed by atoms with Gasteiger partial charge in [0.2, 0.25) is 5.91 Å². The summed E-state index contributed by atoms with van der Waals surface area (Å²) in [5.74, 6) is 0.555. The fourth-order valence-corrected chi connectivity index (χ4v) is 4.12. The van der Waals surface area contributed by atoms with Crippen molar-refractivity contribution < 1.29 is 14.3 Å². The average Bonchev–Trinajstić information content (AvgIpc) is 3.32. The number of hydrogen-bond acceptors (Lipinski definition) is 6. The molecule has 29 heavy (non-hydrogen) atoms. The highest BCUT2D eigenvalue weighted by Crippen LogP contribution is 2.30. The summed E-state index contributed by atoms with van der Waals surface area (Å²) >= 11 is 1.32. The molecule has 0 bridgehead atoms. The fourth-order valence-electron chi connectivity index (χ4n) is 3.39. The first-order chi connectivity index (χ1) is 14.2. The van der Waals surface area contributed by atoms with Crippen molar-refractivity contribution in [2.45, 2.75) is 31.7 Å². The third-order valence-electron chi connectivity index (χ3n) is 5.14. The van der Waals surface area contributed by atoms with Crippen LogP contribution in [0, 0.1) is 5.92 Å². The number of rotatable bonds is 5. The summed E-state index contributed by atoms with van der Waals surface area (Å²) in [5.41, 5.74) is 2.36. The van der Waals surface area contributed by atoms with Crippen LogP contribution in [-0.2, 0) is 9.53 Å². The highest BCUT2D eigenvalue weighted by Gasteiger charge is 2.30. The Labute approximate surface area is 171 Å². The number of thiazole rings is 1. The van der Waals surface area contributed by atoms with E-state index in [-0.39, 0.29) is 23.8 Å². The number of fused-ring (bicyclic) bond motifs is 1. The lowest BCUT2D eigenvalue weighted by Gasteiger charge is -2.22. The van der Waals surface area contributed by atoms with Crippen molar-refractivity contribution >= 4 is 34.6 Å². The first-order valence-corrected chi connectivity index (χ1v) is 10.7. The predicted molar refractivity (Wildman–Crippen MR) is 109 cm³/mol. The normalized spacial score (nSPS) is 19.2. The number of anilines is 1. The summed E-state index contributed by atoms with van der Waals surface area (Å²) in [5, 5.41) is 8.17. The van der Waals surface area contributed by atoms with Crippen molar-refractivity contribution in [2.24, 2.45) is 5.92 Å². The maximum atomic E-state index is 12.5. The fraction of sp³-hybridized carbons (Fsp3) is 0.400. The zero-order valence-corrected chi connectivity index (χ0v) is 16.6. The van der Waals surface area contributed by atoms with Crippen LogP contribution < -0.4 is 10.6 Å². The van der Waals surface area contributed by atoms with E-state index in [1.165, 1.54) is 11.3 Å². The largest absolute Gasteiger partial charge is 0.379 e. The lowest BCUT2D eigenvalue weighted by atomic mass is 10.1. The second-order valence-corrected chi connectivity index (χ2v) is 8.36. The molecule has 2 fully saturated rings. The molecule has 5 rings (SSSR count). The van der Waals surface area contributed by atoms with Gasteiger partial charge in [-0.1, -0.05) is 0 Å². The highest BCUT2D eigenvalue weighted by molar-refractivity contribution is 7.12. The molecule has 0 aromatic carbocycles. The Balaban J connectivity index is 1.31. The minimum Gasteiger partial charge on any atom is -0.379 e. The number of carbonyl (C=O) groups excluding carboxylic acids is 2. The van der Waals surface area contributed by atoms with Crippen LogP contribution in [0.5, 0.6) is 0 Å². The van der Waals surface area contributed by atoms with Gasteiger partial charge in [-0.05, 0) is 37.8 Å². The molecule has 1 unspecified atom stereocenters. The number of amides is 2. The summed E-state index contributed by atoms with van der Waals surface area (Å²) in [4.78, 5) is 33.3. The van der Waals surface area contributed by atoms with Crippen LogP contribution in [0.3, 0.4) is 0 Å². The molecular formula is C20H21N5O3S. The molecule has 1 aliphatic heterocycles. The van der Waals surface area contributed by atoms with Crippen molar-refractivity contribution in [2.75, 3.05) is 18.5 Å². The Morgan fingerprint density at radius 3 is 2.86 bits per heavy atom. The molecule has 1 saturated heterocycles. The molecule has 2 amide bonds. The molecule has 9 heteroatoms. The summed E-state index contributed by atoms with van der Waals surface area (Å²) in [7, 11) is 0. The topological polar surface area (TPSA) is 97.6 Å². The van der Waals surface area contributed by atoms with Crippen LogP contribution >= 0.6 is 11.3 Å². The zero-order valence-electron chi connectivity index (χ0n) is 15.8. The molecule has 0 spiro atoms. The zero-order chi connectivity index (χ0) is 19.8. The molecule has 3 aromatic rings. The second kappa shape index (κ2) is 7.57. The van der Waals surface area contributed by atoms with E-state index in [0.29, 0.717) is 17.4 Å². The lowest BCUT2D eigenvalue weighted by molar-refractivity contribution is -0.117. The van der Waals surface area contributed by atoms with Crippen molar-refractivity contribution in [3.63, 3.8) is 0 Å². The first-order valence-electron chi connectivity index (χ1n) is 9.80. The average molecular weight is 411 g/mol. The lowest BCUT2D eigenvalue weighted by Crippen LogP contribution is -2.40. The van der Waals surface area contributed by atoms with Crippen LogP contribution in [0.1, 0.15) is 35.5 Å². The number of nitrogens with zero attached hydrogens (tertiary/aromatic N) is 3. The van der Waals surface area contributed by atoms with Gasteiger partial charge >= 0.3 is 0 Å². The van der Waals surface area contributed by atoms with Crippen molar-refractivity contribution in [3.05, 3.63) is 34.9 Å². The van der Waals surface area contributed by atoms with Gasteiger partial charge in [0.05, 0.1) is 24.5 Å². The van der Waals surface area contributed by atoms with Gasteiger partial charge < -0.3 is 19.8 Å². The van der Waals surface area contributed by atoms with Crippen LogP contribution in [0.4, 0.5) is 5.82 Å². The van der Waals surface area contributed by atoms with E-state index < -0.39 is 0 Å². The molecule has 1 atom stereocenters. The number of imidazole rings is 1. The molecule has 2 N–H and O–H groups in total. The highest BCUT2D eigenvalue weighted by atomic mass is 32.1. The molecule has 1 saturated carbocycles. The van der Waals surface area contributed by atoms with E-state index in [1.54, 1.807) is 6.20 Å². The van der Waals surface area contributed by atoms with Gasteiger partial charge in [-0.25, -0.2) is 9.97 Å². The monoisotopic (exact) mass is 411 g/mol. The van der Waals surface area contributed by atoms with E-state index in [0.717, 1.165) is 49.2 Å². The van der Waals surface area contributed by atoms with Crippen molar-refractivity contribution in [3.8, 4) is 11.3 Å². The van der Waals surface area contributed by atoms with E-state index in [2.05, 4.69) is 20.6 Å². The van der Waals surface area contributed by atoms with Crippen LogP contribution in [-0.4, -0.2) is 45.4 Å². The van der Waals surface area contributed by atoms with Crippen LogP contribution in [0.2, 0.25) is 0 Å². The Bertz CT molecular complexity index is 1070. The summed E-state index contributed by atoms with van der Waals surface area (Å²) < 4.78 is 7.27. The van der Waals surface area contributed by atoms with Crippen LogP contribution in [0.15, 0.2) is 29.9 Å². The minimum atomic E-state index is -0.162. The summed E-state index contributed by atoms with van der Waals surface area (Å²) in [6.45, 7) is 1.32. The van der Waals surface area contributed by atoms with E-state index in [4.69, 9.17) is 4.74 Å². The van der Waals surface area contributed by atoms with Gasteiger partial charge in [-0.2, -0.15) is 0 Å². The smallest absolute Gasteiger partial charge is 0.280 e. The minimum absolute atomic E-state index is 0.0344. The Morgan fingerprint density at radius 2 is 2.07 bits per heavy atom. The predicted octanol–water partition coefficient (Wildman–Crippen LogP) is 2.72. The number of hydrogen-bond donors (Lipinski definition) is 2. The van der Waals surface area contributed by atoms with E-state index >= 15 is 0 Å². The number of aromatic nitrogens is 3. The Morgan fingerprint density at radius 1 is 1.17 bits per heavy atom. The third kappa shape index (κ3) is 4.01. The SMILES string of the molecule is O=C(NC1CCCOC1)c1nc(-c2ccc3nc(NC(=O)C4CC4)cn3c2)cs1. The number of nitrogens with one attached hydrogen (secondary N) is 2. The number of pyridine rings is 1. The molecule has 0 radical (unpaired) electrons. The molecular weight excluding hydrogens is 390 g/mol. The third-order valence-corrected chi connectivity index (χ3v) is 5.98. The second-order valence-electron chi connectivity index (χ2n) is 7.50. The molecule has 2 aliphatic rings. The van der Waals surface area contributed by atoms with Crippen LogP contribution in [0.25, 0.3) is 16.9 Å². The first kappa shape index (κ1) is 18.3. The van der Waals surface area contributed by atoms with Crippen molar-refractivity contribution in [1.29, 1.82) is 0 Å². The maximum absolute atomic E-state index is 12.5. The molecule has 4 heterocycles. The van der Waals surface area contributed by atoms with Gasteiger partial charge in [0, 0.05) is 29.7 Å². The summed E-state index contributed by atoms with van der Waals surface area (Å²) in [6.07, 6.45) is 7.50. The Kier molecular flexibility index (Phi) is 4.76. The molecule has 150 valence electrons. The van der Waals surface area contributed by atoms with E-state index in [1.807, 2.05) is 28.1 Å². The van der Waals surface area contributed by atoms with Gasteiger partial charge in [-0.15, -0.1) is 11.3 Å². The van der Waals surface area contributed by atoms with Crippen molar-refractivity contribution in [1.82, 2.24) is 19.7 Å².